The minimum absolute atomic E-state index is 0.0175. The molecular formula is C16H16N2O2S. The molecule has 1 aliphatic rings. The molecule has 0 spiro atoms. The summed E-state index contributed by atoms with van der Waals surface area (Å²) in [5.41, 5.74) is 2.00. The van der Waals surface area contributed by atoms with Gasteiger partial charge in [0.05, 0.1) is 10.7 Å². The molecule has 0 bridgehead atoms. The average molecular weight is 300 g/mol. The topological polar surface area (TPSA) is 59.1 Å². The van der Waals surface area contributed by atoms with Gasteiger partial charge in [-0.3, -0.25) is 9.59 Å². The van der Waals surface area contributed by atoms with Crippen LogP contribution in [-0.2, 0) is 0 Å². The number of anilines is 1. The second-order valence-corrected chi connectivity index (χ2v) is 6.36. The second kappa shape index (κ2) is 5.41. The van der Waals surface area contributed by atoms with E-state index in [1.807, 2.05) is 6.92 Å². The van der Waals surface area contributed by atoms with Gasteiger partial charge < -0.3 is 5.32 Å². The maximum Gasteiger partial charge on any atom is 0.267 e. The normalized spacial score (nSPS) is 14.0. The van der Waals surface area contributed by atoms with Crippen molar-refractivity contribution in [1.29, 1.82) is 0 Å². The van der Waals surface area contributed by atoms with Gasteiger partial charge in [-0.2, -0.15) is 0 Å². The molecule has 4 nitrogen and oxygen atoms in total. The summed E-state index contributed by atoms with van der Waals surface area (Å²) in [6, 6.07) is 6.98. The van der Waals surface area contributed by atoms with Gasteiger partial charge in [-0.25, -0.2) is 4.98 Å². The van der Waals surface area contributed by atoms with Crippen LogP contribution >= 0.6 is 11.3 Å². The number of nitrogens with zero attached hydrogens (tertiary/aromatic N) is 1. The molecule has 1 amide bonds. The molecule has 1 aromatic heterocycles. The van der Waals surface area contributed by atoms with Gasteiger partial charge in [-0.1, -0.05) is 12.1 Å². The van der Waals surface area contributed by atoms with Crippen LogP contribution in [0.5, 0.6) is 0 Å². The van der Waals surface area contributed by atoms with E-state index in [1.165, 1.54) is 31.1 Å². The van der Waals surface area contributed by atoms with E-state index in [-0.39, 0.29) is 11.7 Å². The van der Waals surface area contributed by atoms with Crippen molar-refractivity contribution in [3.8, 4) is 0 Å². The number of aromatic nitrogens is 1. The van der Waals surface area contributed by atoms with Gasteiger partial charge >= 0.3 is 0 Å². The SMILES string of the molecule is CC(=O)c1cccc(NC(=O)c2sc(C3CC3)nc2C)c1. The summed E-state index contributed by atoms with van der Waals surface area (Å²) in [7, 11) is 0. The standard InChI is InChI=1S/C16H16N2O2S/c1-9-14(21-16(17-9)11-6-7-11)15(20)18-13-5-3-4-12(8-13)10(2)19/h3-5,8,11H,6-7H2,1-2H3,(H,18,20). The van der Waals surface area contributed by atoms with E-state index in [1.54, 1.807) is 24.3 Å². The summed E-state index contributed by atoms with van der Waals surface area (Å²) >= 11 is 1.48. The number of aryl methyl sites for hydroxylation is 1. The Balaban J connectivity index is 1.79. The smallest absolute Gasteiger partial charge is 0.267 e. The molecular weight excluding hydrogens is 284 g/mol. The van der Waals surface area contributed by atoms with E-state index >= 15 is 0 Å². The largest absolute Gasteiger partial charge is 0.321 e. The van der Waals surface area contributed by atoms with Crippen molar-refractivity contribution in [2.24, 2.45) is 0 Å². The number of benzene rings is 1. The third kappa shape index (κ3) is 3.03. The average Bonchev–Trinajstić information content (AvgIpc) is 3.22. The quantitative estimate of drug-likeness (QED) is 0.874. The molecule has 5 heteroatoms. The Morgan fingerprint density at radius 2 is 2.10 bits per heavy atom. The van der Waals surface area contributed by atoms with Crippen LogP contribution in [0.25, 0.3) is 0 Å². The zero-order valence-electron chi connectivity index (χ0n) is 12.0. The summed E-state index contributed by atoms with van der Waals surface area (Å²) in [5, 5.41) is 3.91. The zero-order chi connectivity index (χ0) is 15.0. The molecule has 1 heterocycles. The number of Topliss-reactive ketones (excluding diaryl/α,β-unsaturated/α-hetero) is 1. The molecule has 0 saturated heterocycles. The number of rotatable bonds is 4. The summed E-state index contributed by atoms with van der Waals surface area (Å²) < 4.78 is 0. The number of thiazole rings is 1. The highest BCUT2D eigenvalue weighted by molar-refractivity contribution is 7.14. The van der Waals surface area contributed by atoms with Crippen LogP contribution in [0.1, 0.15) is 56.4 Å². The van der Waals surface area contributed by atoms with Gasteiger partial charge in [0.15, 0.2) is 5.78 Å². The number of hydrogen-bond acceptors (Lipinski definition) is 4. The lowest BCUT2D eigenvalue weighted by atomic mass is 10.1. The van der Waals surface area contributed by atoms with Crippen molar-refractivity contribution >= 4 is 28.7 Å². The van der Waals surface area contributed by atoms with Crippen LogP contribution < -0.4 is 5.32 Å². The first kappa shape index (κ1) is 13.9. The minimum atomic E-state index is -0.155. The van der Waals surface area contributed by atoms with Gasteiger partial charge in [-0.05, 0) is 38.8 Å². The fraction of sp³-hybridized carbons (Fsp3) is 0.312. The third-order valence-corrected chi connectivity index (χ3v) is 4.79. The number of carbonyl (C=O) groups excluding carboxylic acids is 2. The number of nitrogens with one attached hydrogen (secondary N) is 1. The molecule has 21 heavy (non-hydrogen) atoms. The van der Waals surface area contributed by atoms with E-state index in [4.69, 9.17) is 0 Å². The van der Waals surface area contributed by atoms with Crippen molar-refractivity contribution in [2.75, 3.05) is 5.32 Å². The molecule has 0 aliphatic heterocycles. The molecule has 1 N–H and O–H groups in total. The van der Waals surface area contributed by atoms with Crippen molar-refractivity contribution in [3.63, 3.8) is 0 Å². The Hall–Kier alpha value is -2.01. The maximum atomic E-state index is 12.3. The van der Waals surface area contributed by atoms with Crippen molar-refractivity contribution in [2.45, 2.75) is 32.6 Å². The molecule has 2 aromatic rings. The van der Waals surface area contributed by atoms with Crippen LogP contribution in [0.4, 0.5) is 5.69 Å². The first-order chi connectivity index (χ1) is 10.0. The summed E-state index contributed by atoms with van der Waals surface area (Å²) in [6.45, 7) is 3.37. The summed E-state index contributed by atoms with van der Waals surface area (Å²) in [6.07, 6.45) is 2.35. The lowest BCUT2D eigenvalue weighted by Crippen LogP contribution is -2.11. The number of carbonyl (C=O) groups is 2. The highest BCUT2D eigenvalue weighted by Gasteiger charge is 2.28. The van der Waals surface area contributed by atoms with Crippen LogP contribution in [0.15, 0.2) is 24.3 Å². The molecule has 1 saturated carbocycles. The Bertz CT molecular complexity index is 717. The lowest BCUT2D eigenvalue weighted by Gasteiger charge is -2.05. The molecule has 0 radical (unpaired) electrons. The molecule has 1 aromatic carbocycles. The van der Waals surface area contributed by atoms with Crippen molar-refractivity contribution in [3.05, 3.63) is 45.4 Å². The number of hydrogen-bond donors (Lipinski definition) is 1. The minimum Gasteiger partial charge on any atom is -0.321 e. The van der Waals surface area contributed by atoms with Crippen molar-refractivity contribution < 1.29 is 9.59 Å². The predicted molar refractivity (Wildman–Crippen MR) is 83.2 cm³/mol. The molecule has 0 unspecified atom stereocenters. The van der Waals surface area contributed by atoms with Gasteiger partial charge in [0, 0.05) is 17.2 Å². The van der Waals surface area contributed by atoms with Gasteiger partial charge in [0.25, 0.3) is 5.91 Å². The zero-order valence-corrected chi connectivity index (χ0v) is 12.8. The fourth-order valence-corrected chi connectivity index (χ4v) is 3.27. The van der Waals surface area contributed by atoms with E-state index < -0.39 is 0 Å². The van der Waals surface area contributed by atoms with E-state index in [0.717, 1.165) is 10.7 Å². The molecule has 108 valence electrons. The number of ketones is 1. The van der Waals surface area contributed by atoms with Crippen LogP contribution in [0, 0.1) is 6.92 Å². The van der Waals surface area contributed by atoms with E-state index in [9.17, 15) is 9.59 Å². The molecule has 3 rings (SSSR count). The van der Waals surface area contributed by atoms with Gasteiger partial charge in [0.1, 0.15) is 4.88 Å². The van der Waals surface area contributed by atoms with Crippen LogP contribution in [0.2, 0.25) is 0 Å². The Morgan fingerprint density at radius 1 is 1.33 bits per heavy atom. The molecule has 0 atom stereocenters. The molecule has 1 fully saturated rings. The summed E-state index contributed by atoms with van der Waals surface area (Å²) in [4.78, 5) is 28.9. The Labute approximate surface area is 127 Å². The van der Waals surface area contributed by atoms with Gasteiger partial charge in [-0.15, -0.1) is 11.3 Å². The first-order valence-corrected chi connectivity index (χ1v) is 7.76. The number of amides is 1. The molecule has 1 aliphatic carbocycles. The second-order valence-electron chi connectivity index (χ2n) is 5.33. The van der Waals surface area contributed by atoms with Crippen LogP contribution in [-0.4, -0.2) is 16.7 Å². The van der Waals surface area contributed by atoms with Gasteiger partial charge in [0.2, 0.25) is 0 Å². The lowest BCUT2D eigenvalue weighted by molar-refractivity contribution is 0.101. The first-order valence-electron chi connectivity index (χ1n) is 6.94. The van der Waals surface area contributed by atoms with E-state index in [0.29, 0.717) is 22.0 Å². The summed E-state index contributed by atoms with van der Waals surface area (Å²) in [5.74, 6) is 0.380. The Morgan fingerprint density at radius 3 is 2.76 bits per heavy atom. The van der Waals surface area contributed by atoms with E-state index in [2.05, 4.69) is 10.3 Å². The predicted octanol–water partition coefficient (Wildman–Crippen LogP) is 3.78. The highest BCUT2D eigenvalue weighted by Crippen LogP contribution is 2.42. The fourth-order valence-electron chi connectivity index (χ4n) is 2.14. The van der Waals surface area contributed by atoms with Crippen LogP contribution in [0.3, 0.4) is 0 Å². The maximum absolute atomic E-state index is 12.3. The Kier molecular flexibility index (Phi) is 3.59. The highest BCUT2D eigenvalue weighted by atomic mass is 32.1. The monoisotopic (exact) mass is 300 g/mol. The third-order valence-electron chi connectivity index (χ3n) is 3.47. The van der Waals surface area contributed by atoms with Crippen molar-refractivity contribution in [1.82, 2.24) is 4.98 Å².